The molecular weight excluding hydrogens is 322 g/mol. The Morgan fingerprint density at radius 2 is 2.04 bits per heavy atom. The second-order valence-electron chi connectivity index (χ2n) is 5.95. The minimum Gasteiger partial charge on any atom is -0.465 e. The molecule has 3 rings (SSSR count). The van der Waals surface area contributed by atoms with Crippen molar-refractivity contribution in [1.29, 1.82) is 0 Å². The Hall–Kier alpha value is -2.76. The van der Waals surface area contributed by atoms with Gasteiger partial charge in [0, 0.05) is 12.1 Å². The summed E-state index contributed by atoms with van der Waals surface area (Å²) in [6.45, 7) is 1.92. The monoisotopic (exact) mass is 343 g/mol. The summed E-state index contributed by atoms with van der Waals surface area (Å²) in [4.78, 5) is 24.5. The number of hydrogen-bond acceptors (Lipinski definition) is 5. The molecule has 0 atom stereocenters. The van der Waals surface area contributed by atoms with Gasteiger partial charge in [0.15, 0.2) is 0 Å². The topological polar surface area (TPSA) is 69.0 Å². The molecule has 6 nitrogen and oxygen atoms in total. The van der Waals surface area contributed by atoms with Crippen LogP contribution >= 0.6 is 0 Å². The first kappa shape index (κ1) is 17.1. The van der Waals surface area contributed by atoms with Crippen LogP contribution in [0.15, 0.2) is 41.0 Å². The smallest absolute Gasteiger partial charge is 0.409 e. The van der Waals surface area contributed by atoms with Gasteiger partial charge in [-0.25, -0.2) is 9.59 Å². The van der Waals surface area contributed by atoms with E-state index in [1.54, 1.807) is 23.3 Å². The molecule has 0 saturated carbocycles. The Bertz CT molecular complexity index is 735. The lowest BCUT2D eigenvalue weighted by Gasteiger charge is -2.11. The lowest BCUT2D eigenvalue weighted by Crippen LogP contribution is -2.25. The molecule has 132 valence electrons. The Balaban J connectivity index is 1.50. The van der Waals surface area contributed by atoms with Crippen molar-refractivity contribution in [3.8, 4) is 11.3 Å². The molecule has 1 fully saturated rings. The van der Waals surface area contributed by atoms with Crippen molar-refractivity contribution < 1.29 is 23.5 Å². The van der Waals surface area contributed by atoms with Gasteiger partial charge in [-0.05, 0) is 43.0 Å². The molecule has 1 aromatic heterocycles. The van der Waals surface area contributed by atoms with E-state index in [1.165, 1.54) is 7.11 Å². The van der Waals surface area contributed by atoms with Gasteiger partial charge in [-0.2, -0.15) is 0 Å². The predicted octanol–water partition coefficient (Wildman–Crippen LogP) is 3.51. The maximum absolute atomic E-state index is 11.4. The molecule has 25 heavy (non-hydrogen) atoms. The largest absolute Gasteiger partial charge is 0.465 e. The summed E-state index contributed by atoms with van der Waals surface area (Å²) < 4.78 is 15.2. The summed E-state index contributed by atoms with van der Waals surface area (Å²) in [7, 11) is 1.36. The van der Waals surface area contributed by atoms with Crippen LogP contribution in [0.1, 0.15) is 28.8 Å². The number of hydrogen-bond donors (Lipinski definition) is 0. The molecule has 0 unspecified atom stereocenters. The minimum absolute atomic E-state index is 0.207. The molecule has 0 spiro atoms. The van der Waals surface area contributed by atoms with Crippen molar-refractivity contribution >= 4 is 12.1 Å². The molecule has 0 aliphatic carbocycles. The number of furan rings is 1. The third-order valence-electron chi connectivity index (χ3n) is 4.23. The summed E-state index contributed by atoms with van der Waals surface area (Å²) in [6, 6.07) is 9.13. The SMILES string of the molecule is COC(=O)c1ccc(-c2cc(CCCCN3CCOC3=O)co2)cc1. The van der Waals surface area contributed by atoms with E-state index in [4.69, 9.17) is 9.15 Å². The van der Waals surface area contributed by atoms with Crippen LogP contribution in [0.3, 0.4) is 0 Å². The molecule has 1 saturated heterocycles. The molecule has 2 aromatic rings. The number of cyclic esters (lactones) is 1. The Morgan fingerprint density at radius 1 is 1.24 bits per heavy atom. The van der Waals surface area contributed by atoms with Crippen LogP contribution in [0.2, 0.25) is 0 Å². The van der Waals surface area contributed by atoms with Crippen LogP contribution in [-0.2, 0) is 15.9 Å². The van der Waals surface area contributed by atoms with E-state index in [0.717, 1.165) is 42.7 Å². The fourth-order valence-electron chi connectivity index (χ4n) is 2.81. The van der Waals surface area contributed by atoms with Crippen LogP contribution in [0, 0.1) is 0 Å². The number of amides is 1. The number of carbonyl (C=O) groups is 2. The fourth-order valence-corrected chi connectivity index (χ4v) is 2.81. The van der Waals surface area contributed by atoms with Crippen molar-refractivity contribution in [3.63, 3.8) is 0 Å². The predicted molar refractivity (Wildman–Crippen MR) is 91.3 cm³/mol. The van der Waals surface area contributed by atoms with E-state index in [2.05, 4.69) is 4.74 Å². The quantitative estimate of drug-likeness (QED) is 0.568. The summed E-state index contributed by atoms with van der Waals surface area (Å²) in [5, 5.41) is 0. The second kappa shape index (κ2) is 7.88. The summed E-state index contributed by atoms with van der Waals surface area (Å²) in [6.07, 6.45) is 4.36. The zero-order chi connectivity index (χ0) is 17.6. The molecule has 6 heteroatoms. The number of esters is 1. The highest BCUT2D eigenvalue weighted by molar-refractivity contribution is 5.89. The van der Waals surface area contributed by atoms with Crippen LogP contribution in [0.4, 0.5) is 4.79 Å². The van der Waals surface area contributed by atoms with Gasteiger partial charge in [-0.1, -0.05) is 12.1 Å². The molecule has 1 aromatic carbocycles. The summed E-state index contributed by atoms with van der Waals surface area (Å²) in [5.74, 6) is 0.420. The molecule has 2 heterocycles. The minimum atomic E-state index is -0.353. The number of unbranched alkanes of at least 4 members (excludes halogenated alkanes) is 1. The normalized spacial score (nSPS) is 13.8. The van der Waals surface area contributed by atoms with Crippen molar-refractivity contribution in [2.45, 2.75) is 19.3 Å². The van der Waals surface area contributed by atoms with E-state index in [-0.39, 0.29) is 12.1 Å². The molecule has 0 N–H and O–H groups in total. The third kappa shape index (κ3) is 4.21. The fraction of sp³-hybridized carbons (Fsp3) is 0.368. The van der Waals surface area contributed by atoms with Crippen molar-refractivity contribution in [2.24, 2.45) is 0 Å². The second-order valence-corrected chi connectivity index (χ2v) is 5.95. The van der Waals surface area contributed by atoms with Crippen LogP contribution in [0.5, 0.6) is 0 Å². The number of carbonyl (C=O) groups excluding carboxylic acids is 2. The first-order valence-corrected chi connectivity index (χ1v) is 8.35. The van der Waals surface area contributed by atoms with Gasteiger partial charge in [0.1, 0.15) is 12.4 Å². The highest BCUT2D eigenvalue weighted by Crippen LogP contribution is 2.23. The maximum atomic E-state index is 11.4. The number of ether oxygens (including phenoxy) is 2. The average molecular weight is 343 g/mol. The van der Waals surface area contributed by atoms with Gasteiger partial charge in [-0.15, -0.1) is 0 Å². The van der Waals surface area contributed by atoms with E-state index in [1.807, 2.05) is 18.2 Å². The van der Waals surface area contributed by atoms with Crippen LogP contribution < -0.4 is 0 Å². The molecule has 1 amide bonds. The van der Waals surface area contributed by atoms with E-state index < -0.39 is 0 Å². The lowest BCUT2D eigenvalue weighted by molar-refractivity contribution is 0.0600. The molecule has 0 bridgehead atoms. The molecule has 1 aliphatic heterocycles. The number of nitrogens with zero attached hydrogens (tertiary/aromatic N) is 1. The standard InChI is InChI=1S/C19H21NO5/c1-23-18(21)16-7-5-15(6-8-16)17-12-14(13-25-17)4-2-3-9-20-10-11-24-19(20)22/h5-8,12-13H,2-4,9-11H2,1H3. The summed E-state index contributed by atoms with van der Waals surface area (Å²) >= 11 is 0. The van der Waals surface area contributed by atoms with Crippen molar-refractivity contribution in [3.05, 3.63) is 47.7 Å². The number of rotatable bonds is 7. The van der Waals surface area contributed by atoms with Crippen molar-refractivity contribution in [2.75, 3.05) is 26.8 Å². The lowest BCUT2D eigenvalue weighted by atomic mass is 10.1. The van der Waals surface area contributed by atoms with E-state index in [9.17, 15) is 9.59 Å². The summed E-state index contributed by atoms with van der Waals surface area (Å²) in [5.41, 5.74) is 2.55. The Labute approximate surface area is 146 Å². The van der Waals surface area contributed by atoms with Gasteiger partial charge >= 0.3 is 12.1 Å². The number of aryl methyl sites for hydroxylation is 1. The van der Waals surface area contributed by atoms with Gasteiger partial charge in [0.2, 0.25) is 0 Å². The van der Waals surface area contributed by atoms with Gasteiger partial charge in [0.25, 0.3) is 0 Å². The van der Waals surface area contributed by atoms with Crippen LogP contribution in [-0.4, -0.2) is 43.8 Å². The number of methoxy groups -OCH3 is 1. The first-order chi connectivity index (χ1) is 12.2. The first-order valence-electron chi connectivity index (χ1n) is 8.35. The molecular formula is C19H21NO5. The Kier molecular flexibility index (Phi) is 5.38. The van der Waals surface area contributed by atoms with Crippen molar-refractivity contribution in [1.82, 2.24) is 4.90 Å². The highest BCUT2D eigenvalue weighted by atomic mass is 16.6. The van der Waals surface area contributed by atoms with Gasteiger partial charge < -0.3 is 18.8 Å². The third-order valence-corrected chi connectivity index (χ3v) is 4.23. The zero-order valence-corrected chi connectivity index (χ0v) is 14.2. The van der Waals surface area contributed by atoms with Crippen LogP contribution in [0.25, 0.3) is 11.3 Å². The van der Waals surface area contributed by atoms with Gasteiger partial charge in [-0.3, -0.25) is 0 Å². The zero-order valence-electron chi connectivity index (χ0n) is 14.2. The number of benzene rings is 1. The highest BCUT2D eigenvalue weighted by Gasteiger charge is 2.20. The average Bonchev–Trinajstić information content (AvgIpc) is 3.27. The maximum Gasteiger partial charge on any atom is 0.409 e. The Morgan fingerprint density at radius 3 is 2.72 bits per heavy atom. The van der Waals surface area contributed by atoms with Gasteiger partial charge in [0.05, 0.1) is 25.5 Å². The molecule has 1 aliphatic rings. The van der Waals surface area contributed by atoms with E-state index >= 15 is 0 Å². The van der Waals surface area contributed by atoms with E-state index in [0.29, 0.717) is 18.7 Å². The molecule has 0 radical (unpaired) electrons.